The van der Waals surface area contributed by atoms with Crippen molar-refractivity contribution in [2.75, 3.05) is 16.0 Å². The number of carbonyl (C=O) groups excluding carboxylic acids is 3. The van der Waals surface area contributed by atoms with E-state index in [0.717, 1.165) is 36.1 Å². The van der Waals surface area contributed by atoms with Gasteiger partial charge < -0.3 is 30.5 Å². The Kier molecular flexibility index (Phi) is 12.3. The molecule has 4 aromatic carbocycles. The lowest BCUT2D eigenvalue weighted by molar-refractivity contribution is -0.122. The van der Waals surface area contributed by atoms with Crippen LogP contribution in [0.2, 0.25) is 0 Å². The van der Waals surface area contributed by atoms with Crippen molar-refractivity contribution in [3.63, 3.8) is 0 Å². The van der Waals surface area contributed by atoms with Crippen molar-refractivity contribution in [2.24, 2.45) is 0 Å². The zero-order chi connectivity index (χ0) is 40.3. The van der Waals surface area contributed by atoms with Crippen LogP contribution in [0.4, 0.5) is 39.0 Å². The molecule has 0 heterocycles. The van der Waals surface area contributed by atoms with Gasteiger partial charge in [-0.3, -0.25) is 14.4 Å². The summed E-state index contributed by atoms with van der Waals surface area (Å²) in [7, 11) is 0. The third kappa shape index (κ3) is 8.92. The van der Waals surface area contributed by atoms with Gasteiger partial charge in [0.15, 0.2) is 35.1 Å². The summed E-state index contributed by atoms with van der Waals surface area (Å²) in [6, 6.07) is 13.7. The molecule has 0 radical (unpaired) electrons. The van der Waals surface area contributed by atoms with Gasteiger partial charge in [-0.05, 0) is 66.5 Å². The van der Waals surface area contributed by atoms with E-state index in [4.69, 9.17) is 9.47 Å². The van der Waals surface area contributed by atoms with Crippen LogP contribution in [0.15, 0.2) is 54.6 Å². The number of phenolic OH excluding ortho intramolecular Hbond substituents is 1. The van der Waals surface area contributed by atoms with E-state index in [1.165, 1.54) is 38.1 Å². The second-order valence-electron chi connectivity index (χ2n) is 14.0. The maximum Gasteiger partial charge on any atom is 0.265 e. The van der Waals surface area contributed by atoms with Gasteiger partial charge in [-0.15, -0.1) is 0 Å². The van der Waals surface area contributed by atoms with Gasteiger partial charge in [0.05, 0.1) is 11.4 Å². The minimum Gasteiger partial charge on any atom is -0.506 e. The topological polar surface area (TPSA) is 126 Å². The highest BCUT2D eigenvalue weighted by atomic mass is 19.2. The second-order valence-corrected chi connectivity index (χ2v) is 14.0. The Morgan fingerprint density at radius 3 is 1.85 bits per heavy atom. The van der Waals surface area contributed by atoms with Gasteiger partial charge in [0.2, 0.25) is 11.7 Å². The van der Waals surface area contributed by atoms with Crippen molar-refractivity contribution in [3.8, 4) is 23.0 Å². The van der Waals surface area contributed by atoms with Crippen LogP contribution in [0.3, 0.4) is 0 Å². The number of hydrogen-bond acceptors (Lipinski definition) is 6. The molecule has 0 aliphatic heterocycles. The van der Waals surface area contributed by atoms with Gasteiger partial charge >= 0.3 is 0 Å². The third-order valence-electron chi connectivity index (χ3n) is 9.37. The van der Waals surface area contributed by atoms with E-state index in [0.29, 0.717) is 11.4 Å². The fourth-order valence-corrected chi connectivity index (χ4v) is 5.23. The van der Waals surface area contributed by atoms with Crippen molar-refractivity contribution in [3.05, 3.63) is 100 Å². The van der Waals surface area contributed by atoms with Crippen LogP contribution in [-0.2, 0) is 20.4 Å². The molecule has 3 amide bonds. The van der Waals surface area contributed by atoms with Crippen LogP contribution in [0, 0.1) is 29.1 Å². The SMILES string of the molecule is CCC(C)(C)c1ccc(OC(C)C(=O)Nc2cc(O)c(NC(=O)c3c(F)c(F)c(F)c(F)c3F)cc2Oc2ccc(NC(C)=O)cc2)c(C(C)(C)CC)c1. The molecule has 0 saturated heterocycles. The molecule has 0 bridgehead atoms. The maximum atomic E-state index is 14.4. The smallest absolute Gasteiger partial charge is 0.265 e. The highest BCUT2D eigenvalue weighted by Gasteiger charge is 2.31. The molecule has 14 heteroatoms. The minimum absolute atomic E-state index is 0.109. The summed E-state index contributed by atoms with van der Waals surface area (Å²) in [6.07, 6.45) is 0.565. The Morgan fingerprint density at radius 2 is 1.30 bits per heavy atom. The molecule has 0 fully saturated rings. The average Bonchev–Trinajstić information content (AvgIpc) is 3.12. The molecule has 0 saturated carbocycles. The van der Waals surface area contributed by atoms with Crippen molar-refractivity contribution >= 4 is 34.8 Å². The van der Waals surface area contributed by atoms with E-state index < -0.39 is 64.0 Å². The molecule has 0 aliphatic carbocycles. The third-order valence-corrected chi connectivity index (χ3v) is 9.37. The van der Waals surface area contributed by atoms with Crippen molar-refractivity contribution in [1.82, 2.24) is 0 Å². The average molecular weight is 756 g/mol. The molecule has 1 atom stereocenters. The van der Waals surface area contributed by atoms with E-state index in [-0.39, 0.29) is 33.9 Å². The molecule has 0 aliphatic rings. The number of amides is 3. The summed E-state index contributed by atoms with van der Waals surface area (Å²) in [5.41, 5.74) is -0.495. The van der Waals surface area contributed by atoms with Crippen LogP contribution in [-0.4, -0.2) is 28.9 Å². The first-order chi connectivity index (χ1) is 25.2. The summed E-state index contributed by atoms with van der Waals surface area (Å²) in [5.74, 6) is -15.1. The maximum absolute atomic E-state index is 14.4. The molecule has 4 N–H and O–H groups in total. The Hall–Kier alpha value is -5.66. The van der Waals surface area contributed by atoms with Gasteiger partial charge in [0, 0.05) is 30.3 Å². The number of hydrogen-bond donors (Lipinski definition) is 4. The molecule has 0 spiro atoms. The Balaban J connectivity index is 1.70. The van der Waals surface area contributed by atoms with Crippen LogP contribution in [0.1, 0.15) is 89.7 Å². The largest absolute Gasteiger partial charge is 0.506 e. The van der Waals surface area contributed by atoms with E-state index >= 15 is 0 Å². The number of nitrogens with one attached hydrogen (secondary N) is 3. The standard InChI is InChI=1S/C40H42F5N3O6/c1-9-39(5,6)22-11-16-29(25(17-22)40(7,8)10-2)53-20(3)37(51)48-27-18-28(50)26(19-30(27)54-24-14-12-23(13-15-24)46-21(4)49)47-38(52)31-32(41)34(43)36(45)35(44)33(31)42/h11-20,50H,9-10H2,1-8H3,(H,46,49)(H,47,52)(H,48,51). The fraction of sp³-hybridized carbons (Fsp3) is 0.325. The fourth-order valence-electron chi connectivity index (χ4n) is 5.23. The first kappa shape index (κ1) is 41.1. The lowest BCUT2D eigenvalue weighted by Crippen LogP contribution is -2.31. The summed E-state index contributed by atoms with van der Waals surface area (Å²) in [5, 5.41) is 18.0. The first-order valence-electron chi connectivity index (χ1n) is 17.1. The highest BCUT2D eigenvalue weighted by molar-refractivity contribution is 6.06. The van der Waals surface area contributed by atoms with Crippen molar-refractivity contribution in [2.45, 2.75) is 85.2 Å². The van der Waals surface area contributed by atoms with Gasteiger partial charge in [-0.25, -0.2) is 22.0 Å². The number of phenols is 1. The lowest BCUT2D eigenvalue weighted by Gasteiger charge is -2.31. The second kappa shape index (κ2) is 16.1. The molecule has 4 aromatic rings. The molecule has 54 heavy (non-hydrogen) atoms. The lowest BCUT2D eigenvalue weighted by atomic mass is 9.76. The first-order valence-corrected chi connectivity index (χ1v) is 17.1. The molecular formula is C40H42F5N3O6. The number of carbonyl (C=O) groups is 3. The van der Waals surface area contributed by atoms with Crippen LogP contribution in [0.5, 0.6) is 23.0 Å². The van der Waals surface area contributed by atoms with Crippen molar-refractivity contribution in [1.29, 1.82) is 0 Å². The Bertz CT molecular complexity index is 2060. The van der Waals surface area contributed by atoms with Gasteiger partial charge in [-0.1, -0.05) is 53.7 Å². The molecule has 1 unspecified atom stereocenters. The Morgan fingerprint density at radius 1 is 0.722 bits per heavy atom. The van der Waals surface area contributed by atoms with Gasteiger partial charge in [-0.2, -0.15) is 0 Å². The van der Waals surface area contributed by atoms with Crippen LogP contribution < -0.4 is 25.4 Å². The number of benzene rings is 4. The van der Waals surface area contributed by atoms with Gasteiger partial charge in [0.1, 0.15) is 22.8 Å². The van der Waals surface area contributed by atoms with E-state index in [2.05, 4.69) is 51.3 Å². The summed E-state index contributed by atoms with van der Waals surface area (Å²) in [6.45, 7) is 15.4. The van der Waals surface area contributed by atoms with Gasteiger partial charge in [0.25, 0.3) is 11.8 Å². The van der Waals surface area contributed by atoms with Crippen LogP contribution in [0.25, 0.3) is 0 Å². The number of aromatic hydroxyl groups is 1. The predicted molar refractivity (Wildman–Crippen MR) is 195 cm³/mol. The number of rotatable bonds is 13. The number of ether oxygens (including phenoxy) is 2. The summed E-state index contributed by atoms with van der Waals surface area (Å²) >= 11 is 0. The van der Waals surface area contributed by atoms with E-state index in [9.17, 15) is 41.4 Å². The normalized spacial score (nSPS) is 12.2. The van der Waals surface area contributed by atoms with Crippen LogP contribution >= 0.6 is 0 Å². The minimum atomic E-state index is -2.45. The molecule has 0 aromatic heterocycles. The molecule has 9 nitrogen and oxygen atoms in total. The van der Waals surface area contributed by atoms with Crippen molar-refractivity contribution < 1.29 is 50.9 Å². The summed E-state index contributed by atoms with van der Waals surface area (Å²) in [4.78, 5) is 37.9. The number of anilines is 3. The molecule has 288 valence electrons. The molecule has 4 rings (SSSR count). The zero-order valence-corrected chi connectivity index (χ0v) is 31.1. The monoisotopic (exact) mass is 755 g/mol. The summed E-state index contributed by atoms with van der Waals surface area (Å²) < 4.78 is 82.3. The molecular weight excluding hydrogens is 713 g/mol. The highest BCUT2D eigenvalue weighted by Crippen LogP contribution is 2.41. The number of halogens is 5. The predicted octanol–water partition coefficient (Wildman–Crippen LogP) is 9.87. The van der Waals surface area contributed by atoms with E-state index in [1.54, 1.807) is 0 Å². The quantitative estimate of drug-likeness (QED) is 0.0466. The zero-order valence-electron chi connectivity index (χ0n) is 31.1. The Labute approximate surface area is 309 Å². The van der Waals surface area contributed by atoms with E-state index in [1.807, 2.05) is 24.4 Å².